The molecule has 0 bridgehead atoms. The van der Waals surface area contributed by atoms with Crippen LogP contribution in [0, 0.1) is 5.82 Å². The second-order valence-electron chi connectivity index (χ2n) is 7.61. The Bertz CT molecular complexity index is 1230. The monoisotopic (exact) mass is 468 g/mol. The highest BCUT2D eigenvalue weighted by Crippen LogP contribution is 2.35. The van der Waals surface area contributed by atoms with Gasteiger partial charge in [0.15, 0.2) is 16.7 Å². The van der Waals surface area contributed by atoms with E-state index in [1.54, 1.807) is 23.8 Å². The molecule has 1 fully saturated rings. The number of benzene rings is 1. The van der Waals surface area contributed by atoms with Gasteiger partial charge in [-0.15, -0.1) is 11.3 Å². The highest BCUT2D eigenvalue weighted by atomic mass is 32.1. The molecule has 2 N–H and O–H groups in total. The van der Waals surface area contributed by atoms with Crippen LogP contribution >= 0.6 is 11.3 Å². The van der Waals surface area contributed by atoms with E-state index in [9.17, 15) is 14.0 Å². The van der Waals surface area contributed by atoms with Gasteiger partial charge in [-0.2, -0.15) is 0 Å². The fourth-order valence-electron chi connectivity index (χ4n) is 3.99. The van der Waals surface area contributed by atoms with Gasteiger partial charge >= 0.3 is 0 Å². The quantitative estimate of drug-likeness (QED) is 0.594. The highest BCUT2D eigenvalue weighted by Gasteiger charge is 2.35. The van der Waals surface area contributed by atoms with Gasteiger partial charge in [-0.1, -0.05) is 6.07 Å². The second-order valence-corrected chi connectivity index (χ2v) is 8.44. The summed E-state index contributed by atoms with van der Waals surface area (Å²) in [6, 6.07) is 5.03. The molecular weight excluding hydrogens is 447 g/mol. The van der Waals surface area contributed by atoms with E-state index in [1.165, 1.54) is 18.1 Å². The SMILES string of the molecule is COc1ccc2c(c1F)C(=O)N(c1nc(C(=O)Nc3cnccc3N3CCNCC3)cs1)C2. The lowest BCUT2D eigenvalue weighted by Crippen LogP contribution is -2.43. The number of amides is 2. The Morgan fingerprint density at radius 2 is 2.09 bits per heavy atom. The largest absolute Gasteiger partial charge is 0.494 e. The molecule has 0 saturated carbocycles. The minimum absolute atomic E-state index is 0.0138. The molecule has 1 saturated heterocycles. The van der Waals surface area contributed by atoms with Crippen LogP contribution in [0.2, 0.25) is 0 Å². The number of halogens is 1. The third kappa shape index (κ3) is 3.89. The number of anilines is 3. The average molecular weight is 469 g/mol. The fraction of sp³-hybridized carbons (Fsp3) is 0.273. The summed E-state index contributed by atoms with van der Waals surface area (Å²) < 4.78 is 19.6. The summed E-state index contributed by atoms with van der Waals surface area (Å²) >= 11 is 1.15. The minimum Gasteiger partial charge on any atom is -0.494 e. The number of hydrogen-bond donors (Lipinski definition) is 2. The molecule has 2 amide bonds. The molecule has 0 atom stereocenters. The number of hydrogen-bond acceptors (Lipinski definition) is 8. The Kier molecular flexibility index (Phi) is 5.65. The van der Waals surface area contributed by atoms with Crippen LogP contribution in [0.4, 0.5) is 20.9 Å². The maximum Gasteiger partial charge on any atom is 0.275 e. The third-order valence-corrected chi connectivity index (χ3v) is 6.52. The summed E-state index contributed by atoms with van der Waals surface area (Å²) in [7, 11) is 1.35. The zero-order chi connectivity index (χ0) is 22.9. The van der Waals surface area contributed by atoms with Gasteiger partial charge in [-0.3, -0.25) is 19.5 Å². The van der Waals surface area contributed by atoms with Crippen LogP contribution in [-0.2, 0) is 6.54 Å². The Balaban J connectivity index is 1.34. The summed E-state index contributed by atoms with van der Waals surface area (Å²) in [6.07, 6.45) is 3.30. The van der Waals surface area contributed by atoms with Gasteiger partial charge in [-0.25, -0.2) is 9.37 Å². The maximum atomic E-state index is 14.6. The molecule has 2 aliphatic heterocycles. The molecule has 11 heteroatoms. The van der Waals surface area contributed by atoms with Gasteiger partial charge < -0.3 is 20.3 Å². The molecule has 33 heavy (non-hydrogen) atoms. The number of carbonyl (C=O) groups excluding carboxylic acids is 2. The summed E-state index contributed by atoms with van der Waals surface area (Å²) in [6.45, 7) is 3.56. The Hall–Kier alpha value is -3.57. The number of thiazole rings is 1. The van der Waals surface area contributed by atoms with E-state index in [-0.39, 0.29) is 23.6 Å². The van der Waals surface area contributed by atoms with Crippen molar-refractivity contribution in [2.45, 2.75) is 6.54 Å². The number of nitrogens with one attached hydrogen (secondary N) is 2. The molecule has 0 aliphatic carbocycles. The zero-order valence-corrected chi connectivity index (χ0v) is 18.6. The van der Waals surface area contributed by atoms with Crippen molar-refractivity contribution in [3.8, 4) is 5.75 Å². The molecule has 0 spiro atoms. The number of nitrogens with zero attached hydrogens (tertiary/aromatic N) is 4. The first-order valence-corrected chi connectivity index (χ1v) is 11.3. The van der Waals surface area contributed by atoms with Crippen molar-refractivity contribution in [1.29, 1.82) is 0 Å². The van der Waals surface area contributed by atoms with Crippen molar-refractivity contribution < 1.29 is 18.7 Å². The smallest absolute Gasteiger partial charge is 0.275 e. The number of rotatable bonds is 5. The molecule has 5 rings (SSSR count). The molecule has 1 aromatic carbocycles. The molecular formula is C22H21FN6O3S. The molecule has 9 nitrogen and oxygen atoms in total. The lowest BCUT2D eigenvalue weighted by molar-refractivity contribution is 0.0988. The standard InChI is InChI=1S/C22H21FN6O3S/c1-32-17-3-2-13-11-29(21(31)18(13)19(17)23)22-27-15(12-33-22)20(30)26-14-10-25-5-4-16(14)28-8-6-24-7-9-28/h2-5,10,12,24H,6-9,11H2,1H3,(H,26,30). The van der Waals surface area contributed by atoms with E-state index < -0.39 is 17.6 Å². The first-order valence-electron chi connectivity index (χ1n) is 10.4. The van der Waals surface area contributed by atoms with Crippen LogP contribution < -0.4 is 25.2 Å². The Morgan fingerprint density at radius 1 is 1.27 bits per heavy atom. The Labute approximate surface area is 193 Å². The molecule has 3 aromatic rings. The zero-order valence-electron chi connectivity index (χ0n) is 17.8. The van der Waals surface area contributed by atoms with Crippen molar-refractivity contribution in [2.75, 3.05) is 48.4 Å². The number of carbonyl (C=O) groups is 2. The van der Waals surface area contributed by atoms with E-state index in [2.05, 4.69) is 25.5 Å². The maximum absolute atomic E-state index is 14.6. The van der Waals surface area contributed by atoms with Crippen LogP contribution in [-0.4, -0.2) is 55.1 Å². The predicted molar refractivity (Wildman–Crippen MR) is 123 cm³/mol. The average Bonchev–Trinajstić information content (AvgIpc) is 3.45. The van der Waals surface area contributed by atoms with Crippen molar-refractivity contribution >= 4 is 39.7 Å². The summed E-state index contributed by atoms with van der Waals surface area (Å²) in [5.41, 5.74) is 2.19. The first kappa shape index (κ1) is 21.3. The molecule has 2 aromatic heterocycles. The van der Waals surface area contributed by atoms with E-state index in [0.29, 0.717) is 16.4 Å². The number of ether oxygens (including phenoxy) is 1. The summed E-state index contributed by atoms with van der Waals surface area (Å²) in [4.78, 5) is 37.8. The lowest BCUT2D eigenvalue weighted by Gasteiger charge is -2.30. The predicted octanol–water partition coefficient (Wildman–Crippen LogP) is 2.51. The third-order valence-electron chi connectivity index (χ3n) is 5.66. The van der Waals surface area contributed by atoms with E-state index in [0.717, 1.165) is 43.2 Å². The van der Waals surface area contributed by atoms with Gasteiger partial charge in [0.1, 0.15) is 5.69 Å². The summed E-state index contributed by atoms with van der Waals surface area (Å²) in [5.74, 6) is -1.58. The number of aromatic nitrogens is 2. The first-order chi connectivity index (χ1) is 16.1. The van der Waals surface area contributed by atoms with Gasteiger partial charge in [-0.05, 0) is 17.7 Å². The van der Waals surface area contributed by atoms with Crippen LogP contribution in [0.3, 0.4) is 0 Å². The number of piperazine rings is 1. The normalized spacial score (nSPS) is 15.5. The number of methoxy groups -OCH3 is 1. The molecule has 4 heterocycles. The summed E-state index contributed by atoms with van der Waals surface area (Å²) in [5, 5.41) is 8.09. The minimum atomic E-state index is -0.686. The molecule has 0 radical (unpaired) electrons. The van der Waals surface area contributed by atoms with Crippen LogP contribution in [0.25, 0.3) is 0 Å². The second kappa shape index (κ2) is 8.75. The van der Waals surface area contributed by atoms with Crippen molar-refractivity contribution in [2.24, 2.45) is 0 Å². The highest BCUT2D eigenvalue weighted by molar-refractivity contribution is 7.14. The van der Waals surface area contributed by atoms with Gasteiger partial charge in [0, 0.05) is 37.8 Å². The lowest BCUT2D eigenvalue weighted by atomic mass is 10.1. The van der Waals surface area contributed by atoms with Crippen LogP contribution in [0.15, 0.2) is 36.0 Å². The topological polar surface area (TPSA) is 99.7 Å². The molecule has 0 unspecified atom stereocenters. The van der Waals surface area contributed by atoms with E-state index in [4.69, 9.17) is 4.74 Å². The number of pyridine rings is 1. The van der Waals surface area contributed by atoms with Crippen LogP contribution in [0.1, 0.15) is 26.4 Å². The van der Waals surface area contributed by atoms with E-state index >= 15 is 0 Å². The van der Waals surface area contributed by atoms with Gasteiger partial charge in [0.2, 0.25) is 0 Å². The van der Waals surface area contributed by atoms with Crippen molar-refractivity contribution in [1.82, 2.24) is 15.3 Å². The van der Waals surface area contributed by atoms with E-state index in [1.807, 2.05) is 6.07 Å². The van der Waals surface area contributed by atoms with Crippen molar-refractivity contribution in [3.63, 3.8) is 0 Å². The van der Waals surface area contributed by atoms with Crippen molar-refractivity contribution in [3.05, 3.63) is 58.6 Å². The molecule has 2 aliphatic rings. The molecule has 170 valence electrons. The fourth-order valence-corrected chi connectivity index (χ4v) is 4.80. The van der Waals surface area contributed by atoms with Gasteiger partial charge in [0.25, 0.3) is 11.8 Å². The number of fused-ring (bicyclic) bond motifs is 1. The van der Waals surface area contributed by atoms with Gasteiger partial charge in [0.05, 0.1) is 36.8 Å². The Morgan fingerprint density at radius 3 is 2.88 bits per heavy atom. The van der Waals surface area contributed by atoms with Crippen LogP contribution in [0.5, 0.6) is 5.75 Å².